The normalized spacial score (nSPS) is 11.5. The smallest absolute Gasteiger partial charge is 0.260 e. The van der Waals surface area contributed by atoms with Crippen molar-refractivity contribution in [2.24, 2.45) is 0 Å². The summed E-state index contributed by atoms with van der Waals surface area (Å²) in [6.45, 7) is 1.82. The van der Waals surface area contributed by atoms with Gasteiger partial charge in [-0.1, -0.05) is 6.07 Å². The van der Waals surface area contributed by atoms with E-state index in [0.29, 0.717) is 0 Å². The van der Waals surface area contributed by atoms with Gasteiger partial charge in [0.25, 0.3) is 0 Å². The van der Waals surface area contributed by atoms with Crippen molar-refractivity contribution in [1.82, 2.24) is 4.98 Å². The van der Waals surface area contributed by atoms with Gasteiger partial charge in [0.05, 0.1) is 5.69 Å². The summed E-state index contributed by atoms with van der Waals surface area (Å²) in [5.41, 5.74) is 1.14. The molecule has 5 heteroatoms. The number of halogens is 1. The van der Waals surface area contributed by atoms with Crippen LogP contribution in [0.3, 0.4) is 0 Å². The Balaban J connectivity index is 2.85. The van der Waals surface area contributed by atoms with Crippen LogP contribution in [0.2, 0.25) is 0 Å². The molecular formula is C7H8FNO2S. The van der Waals surface area contributed by atoms with E-state index >= 15 is 0 Å². The van der Waals surface area contributed by atoms with Crippen molar-refractivity contribution in [2.45, 2.75) is 12.7 Å². The van der Waals surface area contributed by atoms with Gasteiger partial charge < -0.3 is 0 Å². The van der Waals surface area contributed by atoms with Gasteiger partial charge in [0.15, 0.2) is 0 Å². The fraction of sp³-hybridized carbons (Fsp3) is 0.286. The number of aryl methyl sites for hydroxylation is 1. The zero-order valence-corrected chi connectivity index (χ0v) is 7.31. The number of hydrogen-bond donors (Lipinski definition) is 0. The van der Waals surface area contributed by atoms with Crippen molar-refractivity contribution in [3.63, 3.8) is 0 Å². The molecule has 0 aliphatic carbocycles. The molecule has 0 radical (unpaired) electrons. The summed E-state index contributed by atoms with van der Waals surface area (Å²) in [6, 6.07) is 3.18. The van der Waals surface area contributed by atoms with Gasteiger partial charge in [0.2, 0.25) is 0 Å². The predicted molar refractivity (Wildman–Crippen MR) is 42.7 cm³/mol. The van der Waals surface area contributed by atoms with Crippen LogP contribution in [-0.4, -0.2) is 13.4 Å². The molecule has 12 heavy (non-hydrogen) atoms. The van der Waals surface area contributed by atoms with Gasteiger partial charge >= 0.3 is 10.2 Å². The molecule has 1 aromatic rings. The third kappa shape index (κ3) is 2.96. The highest BCUT2D eigenvalue weighted by Gasteiger charge is 2.08. The molecule has 1 rings (SSSR count). The molecule has 0 aliphatic rings. The van der Waals surface area contributed by atoms with Crippen molar-refractivity contribution in [3.05, 3.63) is 29.6 Å². The molecule has 0 atom stereocenters. The number of aromatic nitrogens is 1. The highest BCUT2D eigenvalue weighted by Crippen LogP contribution is 2.04. The first-order valence-electron chi connectivity index (χ1n) is 3.31. The van der Waals surface area contributed by atoms with Crippen LogP contribution in [0.4, 0.5) is 3.89 Å². The number of nitrogens with zero attached hydrogens (tertiary/aromatic N) is 1. The van der Waals surface area contributed by atoms with Gasteiger partial charge in [-0.25, -0.2) is 0 Å². The summed E-state index contributed by atoms with van der Waals surface area (Å²) in [7, 11) is -4.45. The molecule has 0 aliphatic heterocycles. The molecular weight excluding hydrogens is 181 g/mol. The Kier molecular flexibility index (Phi) is 2.42. The number of hydrogen-bond acceptors (Lipinski definition) is 3. The second-order valence-corrected chi connectivity index (χ2v) is 3.88. The van der Waals surface area contributed by atoms with E-state index in [0.717, 1.165) is 5.56 Å². The van der Waals surface area contributed by atoms with Crippen LogP contribution in [-0.2, 0) is 16.0 Å². The van der Waals surface area contributed by atoms with E-state index in [9.17, 15) is 12.3 Å². The average Bonchev–Trinajstić information content (AvgIpc) is 1.91. The second kappa shape index (κ2) is 3.18. The van der Waals surface area contributed by atoms with Crippen LogP contribution in [0.5, 0.6) is 0 Å². The molecule has 0 N–H and O–H groups in total. The first-order valence-corrected chi connectivity index (χ1v) is 4.86. The first kappa shape index (κ1) is 9.12. The minimum Gasteiger partial charge on any atom is -0.260 e. The van der Waals surface area contributed by atoms with Crippen molar-refractivity contribution >= 4 is 10.2 Å². The molecule has 0 saturated carbocycles. The minimum atomic E-state index is -4.45. The lowest BCUT2D eigenvalue weighted by molar-refractivity contribution is 0.550. The monoisotopic (exact) mass is 189 g/mol. The molecule has 3 nitrogen and oxygen atoms in total. The fourth-order valence-corrected chi connectivity index (χ4v) is 1.28. The lowest BCUT2D eigenvalue weighted by Gasteiger charge is -1.95. The van der Waals surface area contributed by atoms with E-state index in [2.05, 4.69) is 4.98 Å². The summed E-state index contributed by atoms with van der Waals surface area (Å²) in [6.07, 6.45) is 1.50. The third-order valence-corrected chi connectivity index (χ3v) is 1.93. The standard InChI is InChI=1S/C7H8FNO2S/c1-6-2-3-7(9-4-6)5-12(8,10)11/h2-4H,5H2,1H3. The van der Waals surface area contributed by atoms with Crippen LogP contribution in [0.1, 0.15) is 11.3 Å². The van der Waals surface area contributed by atoms with E-state index in [-0.39, 0.29) is 5.69 Å². The van der Waals surface area contributed by atoms with Gasteiger partial charge in [0.1, 0.15) is 5.75 Å². The van der Waals surface area contributed by atoms with Crippen molar-refractivity contribution < 1.29 is 12.3 Å². The van der Waals surface area contributed by atoms with Crippen molar-refractivity contribution in [3.8, 4) is 0 Å². The van der Waals surface area contributed by atoms with E-state index in [1.165, 1.54) is 12.3 Å². The van der Waals surface area contributed by atoms with Crippen LogP contribution in [0, 0.1) is 6.92 Å². The highest BCUT2D eigenvalue weighted by molar-refractivity contribution is 7.85. The lowest BCUT2D eigenvalue weighted by Crippen LogP contribution is -1.98. The Hall–Kier alpha value is -0.970. The number of pyridine rings is 1. The van der Waals surface area contributed by atoms with E-state index in [4.69, 9.17) is 0 Å². The Morgan fingerprint density at radius 3 is 2.58 bits per heavy atom. The second-order valence-electron chi connectivity index (χ2n) is 2.51. The molecule has 0 saturated heterocycles. The summed E-state index contributed by atoms with van der Waals surface area (Å²) >= 11 is 0. The van der Waals surface area contributed by atoms with Gasteiger partial charge in [-0.3, -0.25) is 4.98 Å². The maximum Gasteiger partial charge on any atom is 0.308 e. The minimum absolute atomic E-state index is 0.225. The van der Waals surface area contributed by atoms with Crippen LogP contribution in [0.15, 0.2) is 18.3 Å². The highest BCUT2D eigenvalue weighted by atomic mass is 32.3. The topological polar surface area (TPSA) is 47.0 Å². The molecule has 0 unspecified atom stereocenters. The van der Waals surface area contributed by atoms with E-state index in [1.54, 1.807) is 6.07 Å². The summed E-state index contributed by atoms with van der Waals surface area (Å²) in [5, 5.41) is 0. The Morgan fingerprint density at radius 1 is 1.50 bits per heavy atom. The van der Waals surface area contributed by atoms with Crippen LogP contribution in [0.25, 0.3) is 0 Å². The summed E-state index contributed by atoms with van der Waals surface area (Å²) < 4.78 is 32.5. The SMILES string of the molecule is Cc1ccc(CS(=O)(=O)F)nc1. The average molecular weight is 189 g/mol. The van der Waals surface area contributed by atoms with E-state index < -0.39 is 16.0 Å². The molecule has 0 amide bonds. The van der Waals surface area contributed by atoms with Crippen molar-refractivity contribution in [2.75, 3.05) is 0 Å². The molecule has 0 spiro atoms. The molecule has 0 fully saturated rings. The van der Waals surface area contributed by atoms with Crippen LogP contribution < -0.4 is 0 Å². The summed E-state index contributed by atoms with van der Waals surface area (Å²) in [4.78, 5) is 3.74. The zero-order chi connectivity index (χ0) is 9.19. The van der Waals surface area contributed by atoms with Crippen LogP contribution >= 0.6 is 0 Å². The van der Waals surface area contributed by atoms with E-state index in [1.807, 2.05) is 6.92 Å². The fourth-order valence-electron chi connectivity index (χ4n) is 0.760. The quantitative estimate of drug-likeness (QED) is 0.656. The predicted octanol–water partition coefficient (Wildman–Crippen LogP) is 1.19. The van der Waals surface area contributed by atoms with Gasteiger partial charge in [-0.15, -0.1) is 3.89 Å². The molecule has 0 aromatic carbocycles. The molecule has 0 bridgehead atoms. The Morgan fingerprint density at radius 2 is 2.17 bits per heavy atom. The van der Waals surface area contributed by atoms with Gasteiger partial charge in [-0.2, -0.15) is 8.42 Å². The summed E-state index contributed by atoms with van der Waals surface area (Å²) in [5.74, 6) is -0.646. The molecule has 1 heterocycles. The third-order valence-electron chi connectivity index (χ3n) is 1.29. The maximum atomic E-state index is 12.1. The lowest BCUT2D eigenvalue weighted by atomic mass is 10.3. The van der Waals surface area contributed by atoms with Crippen molar-refractivity contribution in [1.29, 1.82) is 0 Å². The van der Waals surface area contributed by atoms with Gasteiger partial charge in [-0.05, 0) is 18.6 Å². The number of rotatable bonds is 2. The Labute approximate surface area is 70.5 Å². The zero-order valence-electron chi connectivity index (χ0n) is 6.49. The Bertz CT molecular complexity index is 357. The first-order chi connectivity index (χ1) is 5.47. The molecule has 66 valence electrons. The maximum absolute atomic E-state index is 12.1. The van der Waals surface area contributed by atoms with Gasteiger partial charge in [0, 0.05) is 6.20 Å². The molecule has 1 aromatic heterocycles. The largest absolute Gasteiger partial charge is 0.308 e.